The molecule has 0 aliphatic carbocycles. The number of unbranched alkanes of at least 4 members (excludes halogenated alkanes) is 6. The summed E-state index contributed by atoms with van der Waals surface area (Å²) in [5, 5.41) is 11.2. The van der Waals surface area contributed by atoms with Crippen LogP contribution in [0.4, 0.5) is 0 Å². The molecular weight excluding hydrogens is 456 g/mol. The van der Waals surface area contributed by atoms with E-state index in [9.17, 15) is 5.11 Å². The summed E-state index contributed by atoms with van der Waals surface area (Å²) in [6.45, 7) is 5.66. The first-order chi connectivity index (χ1) is 18.2. The van der Waals surface area contributed by atoms with E-state index in [1.54, 1.807) is 0 Å². The topological polar surface area (TPSA) is 38.7 Å². The van der Waals surface area contributed by atoms with Crippen molar-refractivity contribution in [3.05, 3.63) is 90.0 Å². The zero-order chi connectivity index (χ0) is 26.1. The zero-order valence-corrected chi connectivity index (χ0v) is 22.9. The van der Waals surface area contributed by atoms with Crippen LogP contribution in [-0.2, 0) is 0 Å². The summed E-state index contributed by atoms with van der Waals surface area (Å²) in [4.78, 5) is 0. The van der Waals surface area contributed by atoms with E-state index in [0.29, 0.717) is 19.0 Å². The summed E-state index contributed by atoms with van der Waals surface area (Å²) in [5.74, 6) is 2.50. The molecular formula is C34H46O3. The predicted octanol–water partition coefficient (Wildman–Crippen LogP) is 9.66. The standard InChI is InChI=1S/C34H46O3/c1-3-5-7-11-18-28(26-36-30-20-13-9-14-21-30)32-24-17-25-33(35)34(32)29(19-12-8-6-4-2)27-37-31-22-15-10-16-23-31/h9-10,13-17,20-25,28-29,35H,3-8,11-12,18-19,26-27H2,1-2H3. The minimum atomic E-state index is 0.128. The lowest BCUT2D eigenvalue weighted by Gasteiger charge is -2.27. The number of rotatable bonds is 18. The van der Waals surface area contributed by atoms with Crippen LogP contribution in [0.1, 0.15) is 101 Å². The molecule has 0 saturated heterocycles. The fourth-order valence-corrected chi connectivity index (χ4v) is 5.07. The van der Waals surface area contributed by atoms with Gasteiger partial charge in [-0.15, -0.1) is 0 Å². The van der Waals surface area contributed by atoms with Crippen molar-refractivity contribution in [1.29, 1.82) is 0 Å². The molecule has 2 unspecified atom stereocenters. The highest BCUT2D eigenvalue weighted by molar-refractivity contribution is 5.44. The highest BCUT2D eigenvalue weighted by Crippen LogP contribution is 2.39. The van der Waals surface area contributed by atoms with Crippen LogP contribution in [0, 0.1) is 0 Å². The van der Waals surface area contributed by atoms with Crippen molar-refractivity contribution in [1.82, 2.24) is 0 Å². The number of benzene rings is 3. The second kappa shape index (κ2) is 16.7. The third kappa shape index (κ3) is 9.80. The van der Waals surface area contributed by atoms with Crippen molar-refractivity contribution in [3.63, 3.8) is 0 Å². The Labute approximate surface area is 224 Å². The van der Waals surface area contributed by atoms with Crippen LogP contribution in [0.15, 0.2) is 78.9 Å². The molecule has 0 amide bonds. The Morgan fingerprint density at radius 3 is 1.62 bits per heavy atom. The molecule has 0 fully saturated rings. The predicted molar refractivity (Wildman–Crippen MR) is 155 cm³/mol. The molecule has 0 aromatic heterocycles. The maximum atomic E-state index is 11.2. The Morgan fingerprint density at radius 2 is 1.08 bits per heavy atom. The van der Waals surface area contributed by atoms with E-state index in [4.69, 9.17) is 9.47 Å². The lowest BCUT2D eigenvalue weighted by atomic mass is 9.82. The van der Waals surface area contributed by atoms with Crippen molar-refractivity contribution >= 4 is 0 Å². The van der Waals surface area contributed by atoms with Gasteiger partial charge in [0.2, 0.25) is 0 Å². The molecule has 0 bridgehead atoms. The maximum absolute atomic E-state index is 11.2. The quantitative estimate of drug-likeness (QED) is 0.176. The number of phenols is 1. The van der Waals surface area contributed by atoms with Gasteiger partial charge in [-0.1, -0.05) is 114 Å². The van der Waals surface area contributed by atoms with Crippen LogP contribution in [0.3, 0.4) is 0 Å². The zero-order valence-electron chi connectivity index (χ0n) is 22.9. The summed E-state index contributed by atoms with van der Waals surface area (Å²) in [7, 11) is 0. The number of hydrogen-bond acceptors (Lipinski definition) is 3. The van der Waals surface area contributed by atoms with Gasteiger partial charge in [0.15, 0.2) is 0 Å². The van der Waals surface area contributed by atoms with E-state index in [1.165, 1.54) is 44.1 Å². The van der Waals surface area contributed by atoms with Crippen LogP contribution in [-0.4, -0.2) is 18.3 Å². The summed E-state index contributed by atoms with van der Waals surface area (Å²) in [5.41, 5.74) is 2.26. The second-order valence-electron chi connectivity index (χ2n) is 10.1. The van der Waals surface area contributed by atoms with Gasteiger partial charge in [-0.25, -0.2) is 0 Å². The van der Waals surface area contributed by atoms with Crippen LogP contribution in [0.25, 0.3) is 0 Å². The molecule has 0 spiro atoms. The van der Waals surface area contributed by atoms with E-state index in [2.05, 4.69) is 19.9 Å². The highest BCUT2D eigenvalue weighted by Gasteiger charge is 2.25. The van der Waals surface area contributed by atoms with Crippen molar-refractivity contribution < 1.29 is 14.6 Å². The summed E-state index contributed by atoms with van der Waals surface area (Å²) in [6, 6.07) is 26.1. The van der Waals surface area contributed by atoms with E-state index >= 15 is 0 Å². The fourth-order valence-electron chi connectivity index (χ4n) is 5.07. The number of para-hydroxylation sites is 2. The molecule has 200 valence electrons. The molecule has 0 radical (unpaired) electrons. The van der Waals surface area contributed by atoms with Gasteiger partial charge in [-0.05, 0) is 48.7 Å². The molecule has 0 saturated carbocycles. The molecule has 2 atom stereocenters. The van der Waals surface area contributed by atoms with Crippen molar-refractivity contribution in [2.24, 2.45) is 0 Å². The number of hydrogen-bond donors (Lipinski definition) is 1. The van der Waals surface area contributed by atoms with Crippen LogP contribution in [0.5, 0.6) is 17.2 Å². The average molecular weight is 503 g/mol. The smallest absolute Gasteiger partial charge is 0.119 e. The number of aromatic hydroxyl groups is 1. The second-order valence-corrected chi connectivity index (χ2v) is 10.1. The van der Waals surface area contributed by atoms with Crippen LogP contribution in [0.2, 0.25) is 0 Å². The lowest BCUT2D eigenvalue weighted by molar-refractivity contribution is 0.264. The fraction of sp³-hybridized carbons (Fsp3) is 0.471. The molecule has 3 aromatic rings. The minimum absolute atomic E-state index is 0.128. The third-order valence-corrected chi connectivity index (χ3v) is 7.17. The van der Waals surface area contributed by atoms with Gasteiger partial charge in [-0.3, -0.25) is 0 Å². The van der Waals surface area contributed by atoms with E-state index < -0.39 is 0 Å². The van der Waals surface area contributed by atoms with E-state index in [0.717, 1.165) is 42.7 Å². The Hall–Kier alpha value is -2.94. The van der Waals surface area contributed by atoms with Crippen molar-refractivity contribution in [2.45, 2.75) is 89.9 Å². The third-order valence-electron chi connectivity index (χ3n) is 7.17. The van der Waals surface area contributed by atoms with Gasteiger partial charge in [0.05, 0.1) is 13.2 Å². The van der Waals surface area contributed by atoms with Gasteiger partial charge in [-0.2, -0.15) is 0 Å². The Balaban J connectivity index is 1.86. The monoisotopic (exact) mass is 502 g/mol. The van der Waals surface area contributed by atoms with Gasteiger partial charge in [0, 0.05) is 17.4 Å². The van der Waals surface area contributed by atoms with Gasteiger partial charge in [0.25, 0.3) is 0 Å². The van der Waals surface area contributed by atoms with Crippen LogP contribution < -0.4 is 9.47 Å². The Morgan fingerprint density at radius 1 is 0.568 bits per heavy atom. The summed E-state index contributed by atoms with van der Waals surface area (Å²) >= 11 is 0. The Kier molecular flexibility index (Phi) is 12.9. The van der Waals surface area contributed by atoms with E-state index in [-0.39, 0.29) is 11.8 Å². The average Bonchev–Trinajstić information content (AvgIpc) is 2.94. The summed E-state index contributed by atoms with van der Waals surface area (Å²) in [6.07, 6.45) is 11.7. The normalized spacial score (nSPS) is 12.7. The van der Waals surface area contributed by atoms with Crippen LogP contribution >= 0.6 is 0 Å². The molecule has 3 nitrogen and oxygen atoms in total. The van der Waals surface area contributed by atoms with E-state index in [1.807, 2.05) is 72.8 Å². The molecule has 0 heterocycles. The molecule has 3 heteroatoms. The summed E-state index contributed by atoms with van der Waals surface area (Å²) < 4.78 is 12.6. The number of phenolic OH excluding ortho intramolecular Hbond substituents is 1. The maximum Gasteiger partial charge on any atom is 0.119 e. The first-order valence-corrected chi connectivity index (χ1v) is 14.4. The largest absolute Gasteiger partial charge is 0.508 e. The molecule has 37 heavy (non-hydrogen) atoms. The van der Waals surface area contributed by atoms with Gasteiger partial charge >= 0.3 is 0 Å². The first kappa shape index (κ1) is 28.6. The van der Waals surface area contributed by atoms with Gasteiger partial charge in [0.1, 0.15) is 17.2 Å². The first-order valence-electron chi connectivity index (χ1n) is 14.4. The molecule has 0 aliphatic heterocycles. The lowest BCUT2D eigenvalue weighted by Crippen LogP contribution is -2.18. The minimum Gasteiger partial charge on any atom is -0.508 e. The Bertz CT molecular complexity index is 986. The molecule has 1 N–H and O–H groups in total. The molecule has 3 rings (SSSR count). The highest BCUT2D eigenvalue weighted by atomic mass is 16.5. The molecule has 3 aromatic carbocycles. The van der Waals surface area contributed by atoms with Gasteiger partial charge < -0.3 is 14.6 Å². The SMILES string of the molecule is CCCCCCC(COc1ccccc1)c1cccc(O)c1C(CCCCCC)COc1ccccc1. The number of ether oxygens (including phenoxy) is 2. The van der Waals surface area contributed by atoms with Crippen molar-refractivity contribution in [2.75, 3.05) is 13.2 Å². The molecule has 0 aliphatic rings. The van der Waals surface area contributed by atoms with Crippen molar-refractivity contribution in [3.8, 4) is 17.2 Å².